The van der Waals surface area contributed by atoms with Gasteiger partial charge in [-0.2, -0.15) is 0 Å². The van der Waals surface area contributed by atoms with E-state index in [-0.39, 0.29) is 16.9 Å². The lowest BCUT2D eigenvalue weighted by Crippen LogP contribution is -2.22. The molecule has 0 heterocycles. The quantitative estimate of drug-likeness (QED) is 0.797. The van der Waals surface area contributed by atoms with Gasteiger partial charge in [0, 0.05) is 17.0 Å². The lowest BCUT2D eigenvalue weighted by Gasteiger charge is -2.12. The number of nitrogens with one attached hydrogen (secondary N) is 1. The van der Waals surface area contributed by atoms with Crippen LogP contribution < -0.4 is 5.32 Å². The minimum absolute atomic E-state index is 0.0184. The van der Waals surface area contributed by atoms with Gasteiger partial charge in [0.25, 0.3) is 0 Å². The molecule has 1 amide bonds. The lowest BCUT2D eigenvalue weighted by molar-refractivity contribution is -0.115. The molecule has 120 valence electrons. The molecule has 3 nitrogen and oxygen atoms in total. The Kier molecular flexibility index (Phi) is 5.99. The Balaban J connectivity index is 1.86. The van der Waals surface area contributed by atoms with Crippen molar-refractivity contribution in [2.24, 2.45) is 0 Å². The van der Waals surface area contributed by atoms with Crippen LogP contribution in [0.3, 0.4) is 0 Å². The Morgan fingerprint density at radius 2 is 1.65 bits per heavy atom. The van der Waals surface area contributed by atoms with Crippen LogP contribution in [0.15, 0.2) is 48.5 Å². The number of hydrogen-bond acceptors (Lipinski definition) is 3. The summed E-state index contributed by atoms with van der Waals surface area (Å²) in [6.45, 7) is 5.49. The summed E-state index contributed by atoms with van der Waals surface area (Å²) >= 11 is 1.60. The van der Waals surface area contributed by atoms with Gasteiger partial charge in [0.05, 0.1) is 5.25 Å². The predicted octanol–water partition coefficient (Wildman–Crippen LogP) is 4.46. The zero-order chi connectivity index (χ0) is 16.8. The molecular weight excluding hydrogens is 306 g/mol. The molecule has 0 radical (unpaired) electrons. The summed E-state index contributed by atoms with van der Waals surface area (Å²) in [6, 6.07) is 15.3. The van der Waals surface area contributed by atoms with E-state index in [1.54, 1.807) is 36.0 Å². The molecule has 0 unspecified atom stereocenters. The average molecular weight is 327 g/mol. The fourth-order valence-electron chi connectivity index (χ4n) is 2.01. The molecule has 0 bridgehead atoms. The molecule has 0 aliphatic carbocycles. The largest absolute Gasteiger partial charge is 0.325 e. The standard InChI is InChI=1S/C19H21NO2S/c1-13-4-6-16(7-5-13)12-23-15(3)19(22)20-18-10-8-17(9-11-18)14(2)21/h4-11,15H,12H2,1-3H3,(H,20,22)/t15-/m0/s1. The molecule has 0 aromatic heterocycles. The topological polar surface area (TPSA) is 46.2 Å². The fourth-order valence-corrected chi connectivity index (χ4v) is 2.86. The average Bonchev–Trinajstić information content (AvgIpc) is 2.54. The van der Waals surface area contributed by atoms with Crippen LogP contribution in [-0.4, -0.2) is 16.9 Å². The second-order valence-corrected chi connectivity index (χ2v) is 6.89. The highest BCUT2D eigenvalue weighted by Gasteiger charge is 2.13. The van der Waals surface area contributed by atoms with E-state index >= 15 is 0 Å². The third-order valence-electron chi connectivity index (χ3n) is 3.55. The van der Waals surface area contributed by atoms with Gasteiger partial charge in [-0.25, -0.2) is 0 Å². The molecule has 0 aliphatic rings. The van der Waals surface area contributed by atoms with Crippen LogP contribution in [0.2, 0.25) is 0 Å². The van der Waals surface area contributed by atoms with Gasteiger partial charge in [-0.3, -0.25) is 9.59 Å². The molecule has 2 aromatic rings. The number of carbonyl (C=O) groups excluding carboxylic acids is 2. The number of benzene rings is 2. The van der Waals surface area contributed by atoms with E-state index in [0.29, 0.717) is 11.3 Å². The Hall–Kier alpha value is -2.07. The van der Waals surface area contributed by atoms with Gasteiger partial charge in [0.15, 0.2) is 5.78 Å². The van der Waals surface area contributed by atoms with Crippen molar-refractivity contribution in [1.29, 1.82) is 0 Å². The normalized spacial score (nSPS) is 11.8. The zero-order valence-corrected chi connectivity index (χ0v) is 14.4. The first-order chi connectivity index (χ1) is 11.0. The minimum atomic E-state index is -0.149. The number of aryl methyl sites for hydroxylation is 1. The molecule has 0 fully saturated rings. The zero-order valence-electron chi connectivity index (χ0n) is 13.6. The molecule has 1 atom stereocenters. The van der Waals surface area contributed by atoms with E-state index in [4.69, 9.17) is 0 Å². The van der Waals surface area contributed by atoms with Crippen LogP contribution in [0.4, 0.5) is 5.69 Å². The number of hydrogen-bond donors (Lipinski definition) is 1. The molecule has 0 aliphatic heterocycles. The van der Waals surface area contributed by atoms with Crippen LogP contribution in [0.25, 0.3) is 0 Å². The van der Waals surface area contributed by atoms with Gasteiger partial charge < -0.3 is 5.32 Å². The number of Topliss-reactive ketones (excluding diaryl/α,β-unsaturated/α-hetero) is 1. The van der Waals surface area contributed by atoms with E-state index < -0.39 is 0 Å². The number of rotatable bonds is 6. The number of anilines is 1. The van der Waals surface area contributed by atoms with Gasteiger partial charge in [-0.05, 0) is 50.6 Å². The van der Waals surface area contributed by atoms with Gasteiger partial charge in [-0.15, -0.1) is 11.8 Å². The highest BCUT2D eigenvalue weighted by Crippen LogP contribution is 2.20. The Bertz CT molecular complexity index is 678. The maximum Gasteiger partial charge on any atom is 0.237 e. The summed E-state index contributed by atoms with van der Waals surface area (Å²) < 4.78 is 0. The smallest absolute Gasteiger partial charge is 0.237 e. The molecule has 23 heavy (non-hydrogen) atoms. The Labute approximate surface area is 141 Å². The van der Waals surface area contributed by atoms with E-state index in [9.17, 15) is 9.59 Å². The third kappa shape index (κ3) is 5.25. The molecule has 2 aromatic carbocycles. The third-order valence-corrected chi connectivity index (χ3v) is 4.76. The summed E-state index contributed by atoms with van der Waals surface area (Å²) in [5.41, 5.74) is 3.80. The van der Waals surface area contributed by atoms with Crippen LogP contribution in [0.5, 0.6) is 0 Å². The minimum Gasteiger partial charge on any atom is -0.325 e. The molecule has 2 rings (SSSR count). The van der Waals surface area contributed by atoms with Crippen molar-refractivity contribution in [1.82, 2.24) is 0 Å². The van der Waals surface area contributed by atoms with Gasteiger partial charge in [-0.1, -0.05) is 29.8 Å². The van der Waals surface area contributed by atoms with Crippen molar-refractivity contribution in [3.05, 3.63) is 65.2 Å². The van der Waals surface area contributed by atoms with E-state index in [1.807, 2.05) is 6.92 Å². The van der Waals surface area contributed by atoms with E-state index in [0.717, 1.165) is 5.75 Å². The summed E-state index contributed by atoms with van der Waals surface area (Å²) in [5, 5.41) is 2.73. The van der Waals surface area contributed by atoms with Crippen LogP contribution in [0.1, 0.15) is 35.3 Å². The molecule has 0 saturated carbocycles. The summed E-state index contributed by atoms with van der Waals surface area (Å²) in [5.74, 6) is 0.792. The fraction of sp³-hybridized carbons (Fsp3) is 0.263. The molecule has 0 saturated heterocycles. The van der Waals surface area contributed by atoms with Crippen LogP contribution >= 0.6 is 11.8 Å². The van der Waals surface area contributed by atoms with Crippen molar-refractivity contribution in [3.8, 4) is 0 Å². The summed E-state index contributed by atoms with van der Waals surface area (Å²) in [7, 11) is 0. The lowest BCUT2D eigenvalue weighted by atomic mass is 10.1. The van der Waals surface area contributed by atoms with Crippen LogP contribution in [-0.2, 0) is 10.5 Å². The first kappa shape index (κ1) is 17.3. The van der Waals surface area contributed by atoms with Crippen molar-refractivity contribution >= 4 is 29.1 Å². The van der Waals surface area contributed by atoms with Gasteiger partial charge in [0.2, 0.25) is 5.91 Å². The van der Waals surface area contributed by atoms with Gasteiger partial charge >= 0.3 is 0 Å². The van der Waals surface area contributed by atoms with Crippen LogP contribution in [0, 0.1) is 6.92 Å². The SMILES string of the molecule is CC(=O)c1ccc(NC(=O)[C@H](C)SCc2ccc(C)cc2)cc1. The number of thioether (sulfide) groups is 1. The van der Waals surface area contributed by atoms with E-state index in [2.05, 4.69) is 36.5 Å². The summed E-state index contributed by atoms with van der Waals surface area (Å²) in [6.07, 6.45) is 0. The predicted molar refractivity (Wildman–Crippen MR) is 97.0 cm³/mol. The molecule has 0 spiro atoms. The monoisotopic (exact) mass is 327 g/mol. The maximum absolute atomic E-state index is 12.2. The molecular formula is C19H21NO2S. The number of amides is 1. The highest BCUT2D eigenvalue weighted by molar-refractivity contribution is 7.99. The number of carbonyl (C=O) groups is 2. The Morgan fingerprint density at radius 3 is 2.22 bits per heavy atom. The second kappa shape index (κ2) is 7.97. The maximum atomic E-state index is 12.2. The first-order valence-electron chi connectivity index (χ1n) is 7.54. The van der Waals surface area contributed by atoms with Gasteiger partial charge in [0.1, 0.15) is 0 Å². The first-order valence-corrected chi connectivity index (χ1v) is 8.59. The highest BCUT2D eigenvalue weighted by atomic mass is 32.2. The second-order valence-electron chi connectivity index (χ2n) is 5.56. The van der Waals surface area contributed by atoms with Crippen molar-refractivity contribution in [2.45, 2.75) is 31.8 Å². The van der Waals surface area contributed by atoms with Crippen molar-refractivity contribution in [2.75, 3.05) is 5.32 Å². The van der Waals surface area contributed by atoms with Crippen molar-refractivity contribution in [3.63, 3.8) is 0 Å². The van der Waals surface area contributed by atoms with Crippen molar-refractivity contribution < 1.29 is 9.59 Å². The Morgan fingerprint density at radius 1 is 1.04 bits per heavy atom. The molecule has 1 N–H and O–H groups in total. The number of ketones is 1. The van der Waals surface area contributed by atoms with E-state index in [1.165, 1.54) is 18.1 Å². The summed E-state index contributed by atoms with van der Waals surface area (Å²) in [4.78, 5) is 23.4. The molecule has 4 heteroatoms.